The molecule has 0 N–H and O–H groups in total. The molecule has 10 heavy (non-hydrogen) atoms. The molecular formula is C7H5BrClF. The summed E-state index contributed by atoms with van der Waals surface area (Å²) < 4.78 is 12.5. The van der Waals surface area contributed by atoms with Crippen LogP contribution in [0.5, 0.6) is 0 Å². The standard InChI is InChI=1S/C7H5BrClF/c8-4-5-1-6(9)3-7(10)2-5/h1-3H,4H2. The van der Waals surface area contributed by atoms with Gasteiger partial charge < -0.3 is 0 Å². The molecule has 0 aliphatic heterocycles. The summed E-state index contributed by atoms with van der Waals surface area (Å²) in [5.74, 6) is -0.290. The highest BCUT2D eigenvalue weighted by molar-refractivity contribution is 9.08. The van der Waals surface area contributed by atoms with Crippen LogP contribution in [0.4, 0.5) is 4.39 Å². The maximum atomic E-state index is 12.5. The average molecular weight is 223 g/mol. The van der Waals surface area contributed by atoms with E-state index in [4.69, 9.17) is 11.6 Å². The summed E-state index contributed by atoms with van der Waals surface area (Å²) in [4.78, 5) is 0. The third-order valence-electron chi connectivity index (χ3n) is 1.08. The molecule has 0 nitrogen and oxygen atoms in total. The number of rotatable bonds is 1. The van der Waals surface area contributed by atoms with Crippen molar-refractivity contribution >= 4 is 27.5 Å². The molecule has 1 aromatic rings. The number of alkyl halides is 1. The van der Waals surface area contributed by atoms with Crippen molar-refractivity contribution in [3.63, 3.8) is 0 Å². The highest BCUT2D eigenvalue weighted by Gasteiger charge is 1.96. The Morgan fingerprint density at radius 3 is 2.60 bits per heavy atom. The minimum absolute atomic E-state index is 0.290. The van der Waals surface area contributed by atoms with Crippen LogP contribution in [-0.4, -0.2) is 0 Å². The van der Waals surface area contributed by atoms with Gasteiger partial charge in [-0.3, -0.25) is 0 Å². The van der Waals surface area contributed by atoms with Crippen molar-refractivity contribution in [2.75, 3.05) is 0 Å². The van der Waals surface area contributed by atoms with E-state index in [1.54, 1.807) is 6.07 Å². The molecule has 1 aromatic carbocycles. The van der Waals surface area contributed by atoms with Gasteiger partial charge in [0.1, 0.15) is 5.82 Å². The van der Waals surface area contributed by atoms with Gasteiger partial charge in [0.2, 0.25) is 0 Å². The van der Waals surface area contributed by atoms with E-state index in [0.29, 0.717) is 10.4 Å². The first-order valence-corrected chi connectivity index (χ1v) is 4.23. The highest BCUT2D eigenvalue weighted by Crippen LogP contribution is 2.15. The van der Waals surface area contributed by atoms with Crippen molar-refractivity contribution in [3.8, 4) is 0 Å². The van der Waals surface area contributed by atoms with Gasteiger partial charge in [-0.2, -0.15) is 0 Å². The minimum Gasteiger partial charge on any atom is -0.207 e. The largest absolute Gasteiger partial charge is 0.207 e. The third kappa shape index (κ3) is 1.96. The summed E-state index contributed by atoms with van der Waals surface area (Å²) in [6, 6.07) is 4.45. The Hall–Kier alpha value is -0.0800. The van der Waals surface area contributed by atoms with E-state index < -0.39 is 0 Å². The molecule has 54 valence electrons. The summed E-state index contributed by atoms with van der Waals surface area (Å²) >= 11 is 8.77. The summed E-state index contributed by atoms with van der Waals surface area (Å²) in [6.07, 6.45) is 0. The predicted octanol–water partition coefficient (Wildman–Crippen LogP) is 3.37. The molecule has 0 aliphatic rings. The molecule has 0 atom stereocenters. The van der Waals surface area contributed by atoms with Gasteiger partial charge in [0.25, 0.3) is 0 Å². The summed E-state index contributed by atoms with van der Waals surface area (Å²) in [6.45, 7) is 0. The molecule has 0 radical (unpaired) electrons. The van der Waals surface area contributed by atoms with Crippen LogP contribution >= 0.6 is 27.5 Å². The molecule has 1 rings (SSSR count). The van der Waals surface area contributed by atoms with Crippen LogP contribution in [0.15, 0.2) is 18.2 Å². The lowest BCUT2D eigenvalue weighted by atomic mass is 10.2. The summed E-state index contributed by atoms with van der Waals surface area (Å²) in [5.41, 5.74) is 0.852. The minimum atomic E-state index is -0.290. The highest BCUT2D eigenvalue weighted by atomic mass is 79.9. The monoisotopic (exact) mass is 222 g/mol. The van der Waals surface area contributed by atoms with Crippen LogP contribution in [0.2, 0.25) is 5.02 Å². The van der Waals surface area contributed by atoms with Crippen LogP contribution in [0, 0.1) is 5.82 Å². The van der Waals surface area contributed by atoms with Gasteiger partial charge in [-0.15, -0.1) is 0 Å². The smallest absolute Gasteiger partial charge is 0.124 e. The maximum Gasteiger partial charge on any atom is 0.124 e. The lowest BCUT2D eigenvalue weighted by molar-refractivity contribution is 0.626. The van der Waals surface area contributed by atoms with Crippen LogP contribution < -0.4 is 0 Å². The van der Waals surface area contributed by atoms with E-state index in [1.807, 2.05) is 0 Å². The zero-order chi connectivity index (χ0) is 7.56. The Balaban J connectivity index is 3.06. The molecule has 0 saturated carbocycles. The first kappa shape index (κ1) is 8.02. The molecule has 0 saturated heterocycles. The Kier molecular flexibility index (Phi) is 2.69. The van der Waals surface area contributed by atoms with E-state index in [0.717, 1.165) is 5.56 Å². The number of hydrogen-bond donors (Lipinski definition) is 0. The molecule has 0 aromatic heterocycles. The van der Waals surface area contributed by atoms with E-state index in [-0.39, 0.29) is 5.82 Å². The maximum absolute atomic E-state index is 12.5. The van der Waals surface area contributed by atoms with Gasteiger partial charge in [0.05, 0.1) is 0 Å². The second-order valence-electron chi connectivity index (χ2n) is 1.91. The van der Waals surface area contributed by atoms with Gasteiger partial charge >= 0.3 is 0 Å². The topological polar surface area (TPSA) is 0 Å². The number of halogens is 3. The second-order valence-corrected chi connectivity index (χ2v) is 2.91. The average Bonchev–Trinajstić information content (AvgIpc) is 1.85. The van der Waals surface area contributed by atoms with E-state index in [9.17, 15) is 4.39 Å². The van der Waals surface area contributed by atoms with Crippen molar-refractivity contribution in [2.24, 2.45) is 0 Å². The fourth-order valence-electron chi connectivity index (χ4n) is 0.688. The van der Waals surface area contributed by atoms with Crippen LogP contribution in [0.3, 0.4) is 0 Å². The van der Waals surface area contributed by atoms with Crippen LogP contribution in [-0.2, 0) is 5.33 Å². The third-order valence-corrected chi connectivity index (χ3v) is 1.94. The lowest BCUT2D eigenvalue weighted by Gasteiger charge is -1.95. The summed E-state index contributed by atoms with van der Waals surface area (Å²) in [7, 11) is 0. The predicted molar refractivity (Wildman–Crippen MR) is 44.0 cm³/mol. The lowest BCUT2D eigenvalue weighted by Crippen LogP contribution is -1.79. The Morgan fingerprint density at radius 2 is 2.10 bits per heavy atom. The molecule has 0 spiro atoms. The van der Waals surface area contributed by atoms with Gasteiger partial charge in [-0.1, -0.05) is 27.5 Å². The first-order chi connectivity index (χ1) is 4.72. The van der Waals surface area contributed by atoms with Crippen molar-refractivity contribution in [1.29, 1.82) is 0 Å². The fraction of sp³-hybridized carbons (Fsp3) is 0.143. The van der Waals surface area contributed by atoms with Crippen molar-refractivity contribution in [3.05, 3.63) is 34.6 Å². The van der Waals surface area contributed by atoms with Gasteiger partial charge in [0.15, 0.2) is 0 Å². The number of hydrogen-bond acceptors (Lipinski definition) is 0. The molecule has 0 heterocycles. The van der Waals surface area contributed by atoms with E-state index >= 15 is 0 Å². The number of benzene rings is 1. The van der Waals surface area contributed by atoms with Crippen LogP contribution in [0.25, 0.3) is 0 Å². The Labute approximate surface area is 72.1 Å². The second kappa shape index (κ2) is 3.35. The Morgan fingerprint density at radius 1 is 1.40 bits per heavy atom. The molecule has 0 fully saturated rings. The van der Waals surface area contributed by atoms with Crippen molar-refractivity contribution in [2.45, 2.75) is 5.33 Å². The van der Waals surface area contributed by atoms with E-state index in [1.165, 1.54) is 12.1 Å². The normalized spacial score (nSPS) is 9.90. The molecule has 0 bridgehead atoms. The van der Waals surface area contributed by atoms with E-state index in [2.05, 4.69) is 15.9 Å². The summed E-state index contributed by atoms with van der Waals surface area (Å²) in [5, 5.41) is 1.07. The molecular weight excluding hydrogens is 218 g/mol. The Bertz CT molecular complexity index is 217. The molecule has 0 unspecified atom stereocenters. The molecule has 0 aliphatic carbocycles. The fourth-order valence-corrected chi connectivity index (χ4v) is 1.26. The zero-order valence-electron chi connectivity index (χ0n) is 5.07. The van der Waals surface area contributed by atoms with Crippen molar-refractivity contribution in [1.82, 2.24) is 0 Å². The molecule has 0 amide bonds. The van der Waals surface area contributed by atoms with Gasteiger partial charge in [-0.05, 0) is 23.8 Å². The SMILES string of the molecule is Fc1cc(Cl)cc(CBr)c1. The zero-order valence-corrected chi connectivity index (χ0v) is 7.41. The van der Waals surface area contributed by atoms with Gasteiger partial charge in [-0.25, -0.2) is 4.39 Å². The molecule has 3 heteroatoms. The van der Waals surface area contributed by atoms with Crippen molar-refractivity contribution < 1.29 is 4.39 Å². The first-order valence-electron chi connectivity index (χ1n) is 2.73. The van der Waals surface area contributed by atoms with Crippen LogP contribution in [0.1, 0.15) is 5.56 Å². The quantitative estimate of drug-likeness (QED) is 0.640. The van der Waals surface area contributed by atoms with Gasteiger partial charge in [0, 0.05) is 10.4 Å².